The van der Waals surface area contributed by atoms with Crippen LogP contribution in [0.15, 0.2) is 0 Å². The molecule has 0 aromatic rings. The van der Waals surface area contributed by atoms with Gasteiger partial charge in [-0.1, -0.05) is 13.8 Å². The third-order valence-electron chi connectivity index (χ3n) is 2.55. The second-order valence-electron chi connectivity index (χ2n) is 3.18. The van der Waals surface area contributed by atoms with Gasteiger partial charge in [0.1, 0.15) is 0 Å². The Labute approximate surface area is 70.0 Å². The molecule has 0 aliphatic carbocycles. The highest BCUT2D eigenvalue weighted by Gasteiger charge is 2.16. The van der Waals surface area contributed by atoms with Gasteiger partial charge in [-0.25, -0.2) is 5.32 Å². The average molecular weight is 155 g/mol. The first-order valence-corrected chi connectivity index (χ1v) is 4.75. The van der Waals surface area contributed by atoms with Crippen molar-refractivity contribution < 1.29 is 0 Å². The predicted molar refractivity (Wildman–Crippen MR) is 47.8 cm³/mol. The van der Waals surface area contributed by atoms with E-state index in [0.29, 0.717) is 0 Å². The summed E-state index contributed by atoms with van der Waals surface area (Å²) in [4.78, 5) is 2.58. The summed E-state index contributed by atoms with van der Waals surface area (Å²) in [6.07, 6.45) is 2.58. The fraction of sp³-hybridized carbons (Fsp3) is 1.00. The van der Waals surface area contributed by atoms with Crippen LogP contribution in [0.25, 0.3) is 0 Å². The normalized spacial score (nSPS) is 21.0. The van der Waals surface area contributed by atoms with Crippen molar-refractivity contribution in [1.82, 2.24) is 10.2 Å². The third kappa shape index (κ3) is 2.46. The zero-order chi connectivity index (χ0) is 8.10. The number of nitrogens with zero attached hydrogens (tertiary/aromatic N) is 2. The standard InChI is InChI=1S/C9H19N2/c1-3-9(4-2)11-7-5-10-6-8-11/h9H,3-8H2,1-2H3. The fourth-order valence-electron chi connectivity index (χ4n) is 1.79. The van der Waals surface area contributed by atoms with Crippen LogP contribution in [-0.4, -0.2) is 37.1 Å². The minimum Gasteiger partial charge on any atom is -0.298 e. The predicted octanol–water partition coefficient (Wildman–Crippen LogP) is 1.09. The van der Waals surface area contributed by atoms with Gasteiger partial charge >= 0.3 is 0 Å². The van der Waals surface area contributed by atoms with Crippen molar-refractivity contribution in [1.29, 1.82) is 0 Å². The van der Waals surface area contributed by atoms with Crippen molar-refractivity contribution in [2.75, 3.05) is 26.2 Å². The molecule has 0 aromatic heterocycles. The van der Waals surface area contributed by atoms with E-state index in [1.54, 1.807) is 0 Å². The average Bonchev–Trinajstić information content (AvgIpc) is 2.09. The summed E-state index contributed by atoms with van der Waals surface area (Å²) in [7, 11) is 0. The molecule has 11 heavy (non-hydrogen) atoms. The van der Waals surface area contributed by atoms with Gasteiger partial charge in [-0.05, 0) is 12.8 Å². The van der Waals surface area contributed by atoms with Gasteiger partial charge in [-0.3, -0.25) is 4.90 Å². The van der Waals surface area contributed by atoms with Crippen molar-refractivity contribution in [3.05, 3.63) is 0 Å². The Bertz CT molecular complexity index is 93.7. The van der Waals surface area contributed by atoms with Gasteiger partial charge in [0.15, 0.2) is 0 Å². The van der Waals surface area contributed by atoms with Gasteiger partial charge in [0.2, 0.25) is 0 Å². The Morgan fingerprint density at radius 1 is 1.18 bits per heavy atom. The van der Waals surface area contributed by atoms with Crippen LogP contribution in [-0.2, 0) is 0 Å². The zero-order valence-electron chi connectivity index (χ0n) is 7.71. The molecule has 0 aromatic carbocycles. The Balaban J connectivity index is 2.30. The molecule has 1 aliphatic heterocycles. The largest absolute Gasteiger partial charge is 0.298 e. The van der Waals surface area contributed by atoms with Gasteiger partial charge in [0.25, 0.3) is 0 Å². The smallest absolute Gasteiger partial charge is 0.0261 e. The first kappa shape index (κ1) is 9.01. The first-order valence-electron chi connectivity index (χ1n) is 4.75. The third-order valence-corrected chi connectivity index (χ3v) is 2.55. The Hall–Kier alpha value is -0.0800. The Morgan fingerprint density at radius 2 is 1.73 bits per heavy atom. The zero-order valence-corrected chi connectivity index (χ0v) is 7.71. The SMILES string of the molecule is CCC(CC)N1CC[N]CC1. The second kappa shape index (κ2) is 4.73. The van der Waals surface area contributed by atoms with Crippen LogP contribution >= 0.6 is 0 Å². The molecule has 0 N–H and O–H groups in total. The number of hydrogen-bond acceptors (Lipinski definition) is 1. The molecule has 0 atom stereocenters. The van der Waals surface area contributed by atoms with E-state index >= 15 is 0 Å². The summed E-state index contributed by atoms with van der Waals surface area (Å²) in [6, 6.07) is 0.811. The monoisotopic (exact) mass is 155 g/mol. The van der Waals surface area contributed by atoms with Crippen molar-refractivity contribution >= 4 is 0 Å². The lowest BCUT2D eigenvalue weighted by molar-refractivity contribution is 0.163. The topological polar surface area (TPSA) is 17.3 Å². The van der Waals surface area contributed by atoms with E-state index in [1.165, 1.54) is 25.9 Å². The Kier molecular flexibility index (Phi) is 3.87. The van der Waals surface area contributed by atoms with E-state index in [0.717, 1.165) is 19.1 Å². The maximum atomic E-state index is 4.34. The second-order valence-corrected chi connectivity index (χ2v) is 3.18. The van der Waals surface area contributed by atoms with Gasteiger partial charge in [0.05, 0.1) is 0 Å². The molecule has 2 nitrogen and oxygen atoms in total. The maximum absolute atomic E-state index is 4.34. The molecule has 1 saturated heterocycles. The molecule has 1 heterocycles. The van der Waals surface area contributed by atoms with Gasteiger partial charge in [0, 0.05) is 32.2 Å². The minimum atomic E-state index is 0.811. The molecule has 1 fully saturated rings. The van der Waals surface area contributed by atoms with E-state index < -0.39 is 0 Å². The van der Waals surface area contributed by atoms with E-state index in [4.69, 9.17) is 0 Å². The first-order chi connectivity index (χ1) is 5.38. The van der Waals surface area contributed by atoms with Crippen molar-refractivity contribution in [3.63, 3.8) is 0 Å². The van der Waals surface area contributed by atoms with Crippen LogP contribution in [0.3, 0.4) is 0 Å². The molecule has 0 saturated carbocycles. The van der Waals surface area contributed by atoms with Crippen molar-refractivity contribution in [2.45, 2.75) is 32.7 Å². The molecule has 0 amide bonds. The lowest BCUT2D eigenvalue weighted by Crippen LogP contribution is -2.45. The number of hydrogen-bond donors (Lipinski definition) is 0. The van der Waals surface area contributed by atoms with E-state index in [1.807, 2.05) is 0 Å². The van der Waals surface area contributed by atoms with Crippen LogP contribution in [0.1, 0.15) is 26.7 Å². The molecule has 1 aliphatic rings. The fourth-order valence-corrected chi connectivity index (χ4v) is 1.79. The molecule has 0 bridgehead atoms. The summed E-state index contributed by atoms with van der Waals surface area (Å²) in [5.41, 5.74) is 0. The number of rotatable bonds is 3. The molecule has 0 spiro atoms. The maximum Gasteiger partial charge on any atom is 0.0261 e. The molecule has 65 valence electrons. The quantitative estimate of drug-likeness (QED) is 0.596. The van der Waals surface area contributed by atoms with E-state index in [-0.39, 0.29) is 0 Å². The molecular formula is C9H19N2. The van der Waals surface area contributed by atoms with Gasteiger partial charge in [-0.2, -0.15) is 0 Å². The van der Waals surface area contributed by atoms with Crippen LogP contribution in [0.2, 0.25) is 0 Å². The van der Waals surface area contributed by atoms with E-state index in [9.17, 15) is 0 Å². The number of piperazine rings is 1. The molecule has 1 rings (SSSR count). The van der Waals surface area contributed by atoms with Crippen LogP contribution in [0.4, 0.5) is 0 Å². The summed E-state index contributed by atoms with van der Waals surface area (Å²) in [6.45, 7) is 9.03. The lowest BCUT2D eigenvalue weighted by atomic mass is 10.1. The Morgan fingerprint density at radius 3 is 2.18 bits per heavy atom. The van der Waals surface area contributed by atoms with Crippen LogP contribution in [0.5, 0.6) is 0 Å². The molecule has 0 unspecified atom stereocenters. The van der Waals surface area contributed by atoms with Crippen LogP contribution < -0.4 is 5.32 Å². The summed E-state index contributed by atoms with van der Waals surface area (Å²) >= 11 is 0. The van der Waals surface area contributed by atoms with Gasteiger partial charge < -0.3 is 0 Å². The molecule has 2 heteroatoms. The minimum absolute atomic E-state index is 0.811. The highest BCUT2D eigenvalue weighted by Crippen LogP contribution is 2.08. The summed E-state index contributed by atoms with van der Waals surface area (Å²) in [5.74, 6) is 0. The molecule has 1 radical (unpaired) electrons. The summed E-state index contributed by atoms with van der Waals surface area (Å²) < 4.78 is 0. The van der Waals surface area contributed by atoms with Gasteiger partial charge in [-0.15, -0.1) is 0 Å². The van der Waals surface area contributed by atoms with Crippen molar-refractivity contribution in [3.8, 4) is 0 Å². The highest BCUT2D eigenvalue weighted by atomic mass is 15.2. The van der Waals surface area contributed by atoms with Crippen LogP contribution in [0, 0.1) is 0 Å². The lowest BCUT2D eigenvalue weighted by Gasteiger charge is -2.33. The van der Waals surface area contributed by atoms with Crippen molar-refractivity contribution in [2.24, 2.45) is 0 Å². The highest BCUT2D eigenvalue weighted by molar-refractivity contribution is 4.74. The summed E-state index contributed by atoms with van der Waals surface area (Å²) in [5, 5.41) is 4.34. The van der Waals surface area contributed by atoms with E-state index in [2.05, 4.69) is 24.1 Å². The molecular weight excluding hydrogens is 136 g/mol.